The molecule has 4 nitrogen and oxygen atoms in total. The Hall–Kier alpha value is -0.700. The molecule has 10 heavy (non-hydrogen) atoms. The number of nitrogens with zero attached hydrogens (tertiary/aromatic N) is 1. The van der Waals surface area contributed by atoms with Crippen LogP contribution in [-0.2, 0) is 4.57 Å². The molecule has 0 amide bonds. The van der Waals surface area contributed by atoms with Crippen LogP contribution < -0.4 is 0 Å². The van der Waals surface area contributed by atoms with Crippen molar-refractivity contribution >= 4 is 8.25 Å². The van der Waals surface area contributed by atoms with E-state index in [0.717, 1.165) is 0 Å². The van der Waals surface area contributed by atoms with Crippen LogP contribution in [0.2, 0.25) is 0 Å². The maximum absolute atomic E-state index is 8.74. The van der Waals surface area contributed by atoms with E-state index in [9.17, 15) is 0 Å². The lowest BCUT2D eigenvalue weighted by atomic mass is 10.5. The highest BCUT2D eigenvalue weighted by Gasteiger charge is 1.61. The minimum absolute atomic E-state index is 1.75. The third kappa shape index (κ3) is 10.3. The van der Waals surface area contributed by atoms with Crippen molar-refractivity contribution in [2.45, 2.75) is 0 Å². The summed E-state index contributed by atoms with van der Waals surface area (Å²) in [5.74, 6) is 0. The molecule has 0 aliphatic rings. The van der Waals surface area contributed by atoms with E-state index in [1.165, 1.54) is 0 Å². The SMILES string of the molecule is O=[PH](O)O.c1ccncc1. The van der Waals surface area contributed by atoms with Crippen LogP contribution in [0.3, 0.4) is 0 Å². The van der Waals surface area contributed by atoms with Crippen LogP contribution in [0.5, 0.6) is 0 Å². The van der Waals surface area contributed by atoms with E-state index in [-0.39, 0.29) is 0 Å². The molecular formula is C5H8NO3P. The van der Waals surface area contributed by atoms with Crippen molar-refractivity contribution in [3.63, 3.8) is 0 Å². The van der Waals surface area contributed by atoms with Crippen LogP contribution in [0.25, 0.3) is 0 Å². The standard InChI is InChI=1S/C5H5N.H3O3P/c1-2-4-6-5-3-1;1-4(2)3/h1-5H;4H,(H2,1,2,3). The predicted octanol–water partition coefficient (Wildman–Crippen LogP) is 0.442. The van der Waals surface area contributed by atoms with E-state index in [1.54, 1.807) is 12.4 Å². The molecule has 1 heterocycles. The second kappa shape index (κ2) is 6.42. The van der Waals surface area contributed by atoms with Crippen LogP contribution in [0.4, 0.5) is 0 Å². The lowest BCUT2D eigenvalue weighted by Gasteiger charge is -1.70. The van der Waals surface area contributed by atoms with Gasteiger partial charge in [-0.3, -0.25) is 9.55 Å². The summed E-state index contributed by atoms with van der Waals surface area (Å²) in [6.07, 6.45) is 3.50. The summed E-state index contributed by atoms with van der Waals surface area (Å²) in [5.41, 5.74) is 0. The maximum atomic E-state index is 8.74. The zero-order valence-electron chi connectivity index (χ0n) is 5.14. The lowest BCUT2D eigenvalue weighted by Crippen LogP contribution is -1.58. The third-order valence-corrected chi connectivity index (χ3v) is 0.566. The highest BCUT2D eigenvalue weighted by molar-refractivity contribution is 7.30. The zero-order valence-corrected chi connectivity index (χ0v) is 6.14. The minimum Gasteiger partial charge on any atom is -0.326 e. The van der Waals surface area contributed by atoms with Gasteiger partial charge in [0.2, 0.25) is 0 Å². The first-order valence-electron chi connectivity index (χ1n) is 2.50. The average Bonchev–Trinajstić information content (AvgIpc) is 1.90. The Morgan fingerprint density at radius 2 is 1.50 bits per heavy atom. The molecule has 0 bridgehead atoms. The van der Waals surface area contributed by atoms with Gasteiger partial charge in [0.1, 0.15) is 0 Å². The summed E-state index contributed by atoms with van der Waals surface area (Å²) in [4.78, 5) is 18.1. The molecule has 0 fully saturated rings. The van der Waals surface area contributed by atoms with Crippen LogP contribution >= 0.6 is 8.25 Å². The van der Waals surface area contributed by atoms with E-state index in [2.05, 4.69) is 4.98 Å². The topological polar surface area (TPSA) is 70.4 Å². The van der Waals surface area contributed by atoms with Crippen LogP contribution in [0.1, 0.15) is 0 Å². The fourth-order valence-corrected chi connectivity index (χ4v) is 0.313. The predicted molar refractivity (Wildman–Crippen MR) is 37.7 cm³/mol. The van der Waals surface area contributed by atoms with Gasteiger partial charge in [-0.05, 0) is 12.1 Å². The Morgan fingerprint density at radius 3 is 1.60 bits per heavy atom. The molecule has 1 aromatic rings. The Labute approximate surface area is 59.1 Å². The van der Waals surface area contributed by atoms with Gasteiger partial charge in [0.15, 0.2) is 0 Å². The van der Waals surface area contributed by atoms with Crippen LogP contribution in [-0.4, -0.2) is 14.8 Å². The second-order valence-corrected chi connectivity index (χ2v) is 1.87. The summed E-state index contributed by atoms with van der Waals surface area (Å²) >= 11 is 0. The first-order chi connectivity index (χ1) is 4.73. The Kier molecular flexibility index (Phi) is 5.97. The molecule has 5 heteroatoms. The first-order valence-corrected chi connectivity index (χ1v) is 3.80. The van der Waals surface area contributed by atoms with Gasteiger partial charge in [-0.25, -0.2) is 0 Å². The summed E-state index contributed by atoms with van der Waals surface area (Å²) < 4.78 is 8.74. The van der Waals surface area contributed by atoms with Gasteiger partial charge in [-0.15, -0.1) is 0 Å². The second-order valence-electron chi connectivity index (χ2n) is 1.31. The molecule has 2 N–H and O–H groups in total. The molecule has 1 aromatic heterocycles. The molecule has 56 valence electrons. The van der Waals surface area contributed by atoms with Crippen molar-refractivity contribution in [1.82, 2.24) is 4.98 Å². The third-order valence-electron chi connectivity index (χ3n) is 0.566. The zero-order chi connectivity index (χ0) is 7.82. The van der Waals surface area contributed by atoms with Crippen molar-refractivity contribution in [2.24, 2.45) is 0 Å². The molecule has 0 spiro atoms. The Bertz CT molecular complexity index is 149. The molecule has 0 aliphatic carbocycles. The number of hydrogen-bond donors (Lipinski definition) is 2. The lowest BCUT2D eigenvalue weighted by molar-refractivity contribution is 0.405. The van der Waals surface area contributed by atoms with Gasteiger partial charge in [0.25, 0.3) is 0 Å². The molecule has 0 saturated carbocycles. The van der Waals surface area contributed by atoms with Gasteiger partial charge < -0.3 is 9.79 Å². The average molecular weight is 161 g/mol. The van der Waals surface area contributed by atoms with E-state index in [4.69, 9.17) is 14.4 Å². The van der Waals surface area contributed by atoms with E-state index in [0.29, 0.717) is 0 Å². The van der Waals surface area contributed by atoms with Gasteiger partial charge in [-0.2, -0.15) is 0 Å². The molecule has 0 aliphatic heterocycles. The molecule has 0 radical (unpaired) electrons. The Morgan fingerprint density at radius 1 is 1.10 bits per heavy atom. The quantitative estimate of drug-likeness (QED) is 0.541. The molecular weight excluding hydrogens is 153 g/mol. The smallest absolute Gasteiger partial charge is 0.314 e. The largest absolute Gasteiger partial charge is 0.326 e. The van der Waals surface area contributed by atoms with Crippen molar-refractivity contribution in [1.29, 1.82) is 0 Å². The van der Waals surface area contributed by atoms with Gasteiger partial charge in [-0.1, -0.05) is 6.07 Å². The van der Waals surface area contributed by atoms with E-state index < -0.39 is 8.25 Å². The fraction of sp³-hybridized carbons (Fsp3) is 0. The van der Waals surface area contributed by atoms with Gasteiger partial charge >= 0.3 is 8.25 Å². The molecule has 0 atom stereocenters. The number of pyridine rings is 1. The summed E-state index contributed by atoms with van der Waals surface area (Å²) in [6, 6.07) is 5.72. The first kappa shape index (κ1) is 9.30. The fourth-order valence-electron chi connectivity index (χ4n) is 0.313. The maximum Gasteiger partial charge on any atom is 0.314 e. The van der Waals surface area contributed by atoms with Crippen molar-refractivity contribution in [3.05, 3.63) is 30.6 Å². The number of hydrogen-bond acceptors (Lipinski definition) is 2. The Balaban J connectivity index is 0.000000180. The monoisotopic (exact) mass is 161 g/mol. The van der Waals surface area contributed by atoms with Crippen molar-refractivity contribution < 1.29 is 14.4 Å². The van der Waals surface area contributed by atoms with E-state index >= 15 is 0 Å². The molecule has 0 saturated heterocycles. The van der Waals surface area contributed by atoms with Crippen molar-refractivity contribution in [3.8, 4) is 0 Å². The van der Waals surface area contributed by atoms with Crippen LogP contribution in [0.15, 0.2) is 30.6 Å². The normalized spacial score (nSPS) is 8.30. The van der Waals surface area contributed by atoms with Crippen LogP contribution in [0, 0.1) is 0 Å². The highest BCUT2D eigenvalue weighted by Crippen LogP contribution is 1.98. The van der Waals surface area contributed by atoms with Crippen molar-refractivity contribution in [2.75, 3.05) is 0 Å². The summed E-state index contributed by atoms with van der Waals surface area (Å²) in [7, 11) is -3.13. The molecule has 0 aromatic carbocycles. The highest BCUT2D eigenvalue weighted by atomic mass is 31.1. The van der Waals surface area contributed by atoms with Gasteiger partial charge in [0, 0.05) is 12.4 Å². The number of aromatic nitrogens is 1. The number of rotatable bonds is 0. The molecule has 0 unspecified atom stereocenters. The van der Waals surface area contributed by atoms with Gasteiger partial charge in [0.05, 0.1) is 0 Å². The molecule has 1 rings (SSSR count). The van der Waals surface area contributed by atoms with E-state index in [1.807, 2.05) is 18.2 Å². The summed E-state index contributed by atoms with van der Waals surface area (Å²) in [5, 5.41) is 0. The summed E-state index contributed by atoms with van der Waals surface area (Å²) in [6.45, 7) is 0. The minimum atomic E-state index is -3.13.